The van der Waals surface area contributed by atoms with Gasteiger partial charge in [-0.1, -0.05) is 36.4 Å². The zero-order chi connectivity index (χ0) is 19.1. The molecule has 0 saturated carbocycles. The Bertz CT molecular complexity index is 616. The first-order valence-corrected chi connectivity index (χ1v) is 9.81. The molecule has 27 heavy (non-hydrogen) atoms. The first kappa shape index (κ1) is 20.1. The fourth-order valence-corrected chi connectivity index (χ4v) is 4.04. The predicted octanol–water partition coefficient (Wildman–Crippen LogP) is 4.16. The maximum atomic E-state index is 11.8. The third-order valence-electron chi connectivity index (χ3n) is 5.29. The molecule has 1 aromatic carbocycles. The Kier molecular flexibility index (Phi) is 7.05. The molecular weight excluding hydrogens is 344 g/mol. The third kappa shape index (κ3) is 5.64. The van der Waals surface area contributed by atoms with Crippen LogP contribution >= 0.6 is 0 Å². The lowest BCUT2D eigenvalue weighted by Crippen LogP contribution is -2.52. The quantitative estimate of drug-likeness (QED) is 0.530. The Labute approximate surface area is 161 Å². The van der Waals surface area contributed by atoms with Gasteiger partial charge in [-0.3, -0.25) is 4.79 Å². The number of benzene rings is 1. The number of carbonyl (C=O) groups excluding carboxylic acids is 1. The summed E-state index contributed by atoms with van der Waals surface area (Å²) in [6, 6.07) is 10.1. The van der Waals surface area contributed by atoms with Crippen LogP contribution in [0.5, 0.6) is 0 Å². The Morgan fingerprint density at radius 1 is 1.30 bits per heavy atom. The minimum atomic E-state index is -0.676. The molecule has 5 heteroatoms. The third-order valence-corrected chi connectivity index (χ3v) is 5.29. The van der Waals surface area contributed by atoms with Gasteiger partial charge in [-0.15, -0.1) is 6.58 Å². The summed E-state index contributed by atoms with van der Waals surface area (Å²) in [7, 11) is 1.40. The summed E-state index contributed by atoms with van der Waals surface area (Å²) in [6.45, 7) is 4.37. The van der Waals surface area contributed by atoms with E-state index >= 15 is 0 Å². The van der Waals surface area contributed by atoms with Crippen LogP contribution in [0.3, 0.4) is 0 Å². The highest BCUT2D eigenvalue weighted by Crippen LogP contribution is 2.41. The number of hydrogen-bond acceptors (Lipinski definition) is 5. The summed E-state index contributed by atoms with van der Waals surface area (Å²) in [6.07, 6.45) is 6.98. The van der Waals surface area contributed by atoms with Gasteiger partial charge in [0.1, 0.15) is 0 Å². The Hall–Kier alpha value is -1.69. The van der Waals surface area contributed by atoms with Gasteiger partial charge in [0, 0.05) is 19.3 Å². The SMILES string of the molecule is C=CC[C@H]1CCC[C@@]2(C[C@H](OCc3ccccc3)C[C@H](CC(=O)OC)O2)O1. The van der Waals surface area contributed by atoms with Crippen LogP contribution in [0.25, 0.3) is 0 Å². The number of carbonyl (C=O) groups is 1. The van der Waals surface area contributed by atoms with Crippen molar-refractivity contribution in [1.29, 1.82) is 0 Å². The molecule has 0 aliphatic carbocycles. The maximum absolute atomic E-state index is 11.8. The molecule has 4 atom stereocenters. The van der Waals surface area contributed by atoms with Crippen molar-refractivity contribution in [3.05, 3.63) is 48.6 Å². The minimum absolute atomic E-state index is 0.0175. The molecule has 0 aromatic heterocycles. The topological polar surface area (TPSA) is 54.0 Å². The summed E-state index contributed by atoms with van der Waals surface area (Å²) < 4.78 is 23.7. The predicted molar refractivity (Wildman–Crippen MR) is 102 cm³/mol. The highest BCUT2D eigenvalue weighted by atomic mass is 16.7. The van der Waals surface area contributed by atoms with Gasteiger partial charge in [0.25, 0.3) is 0 Å². The van der Waals surface area contributed by atoms with E-state index in [-0.39, 0.29) is 30.7 Å². The molecule has 0 bridgehead atoms. The van der Waals surface area contributed by atoms with E-state index in [1.165, 1.54) is 7.11 Å². The zero-order valence-electron chi connectivity index (χ0n) is 16.1. The van der Waals surface area contributed by atoms with Crippen LogP contribution in [0.15, 0.2) is 43.0 Å². The summed E-state index contributed by atoms with van der Waals surface area (Å²) in [5, 5.41) is 0. The van der Waals surface area contributed by atoms with Gasteiger partial charge >= 0.3 is 5.97 Å². The van der Waals surface area contributed by atoms with E-state index in [0.29, 0.717) is 19.4 Å². The summed E-state index contributed by atoms with van der Waals surface area (Å²) in [5.41, 5.74) is 1.14. The molecule has 1 aromatic rings. The molecule has 148 valence electrons. The van der Waals surface area contributed by atoms with Gasteiger partial charge in [-0.25, -0.2) is 0 Å². The van der Waals surface area contributed by atoms with Crippen LogP contribution in [0.1, 0.15) is 50.5 Å². The monoisotopic (exact) mass is 374 g/mol. The molecule has 2 fully saturated rings. The summed E-state index contributed by atoms with van der Waals surface area (Å²) in [4.78, 5) is 11.8. The lowest BCUT2D eigenvalue weighted by Gasteiger charge is -2.48. The van der Waals surface area contributed by atoms with Crippen LogP contribution in [0, 0.1) is 0 Å². The van der Waals surface area contributed by atoms with E-state index < -0.39 is 5.79 Å². The standard InChI is InChI=1S/C22H30O5/c1-3-8-18-11-7-12-22(26-18)15-20(13-19(27-22)14-21(23)24-2)25-16-17-9-5-4-6-10-17/h3-6,9-10,18-20H,1,7-8,11-16H2,2H3/t18-,19+,20+,22+/m0/s1. The smallest absolute Gasteiger partial charge is 0.308 e. The lowest BCUT2D eigenvalue weighted by atomic mass is 9.89. The highest BCUT2D eigenvalue weighted by Gasteiger charge is 2.46. The van der Waals surface area contributed by atoms with Gasteiger partial charge in [-0.2, -0.15) is 0 Å². The Morgan fingerprint density at radius 3 is 2.81 bits per heavy atom. The fraction of sp³-hybridized carbons (Fsp3) is 0.591. The van der Waals surface area contributed by atoms with Crippen molar-refractivity contribution in [2.75, 3.05) is 7.11 Å². The number of rotatable bonds is 7. The van der Waals surface area contributed by atoms with Gasteiger partial charge in [0.15, 0.2) is 5.79 Å². The number of hydrogen-bond donors (Lipinski definition) is 0. The van der Waals surface area contributed by atoms with Crippen molar-refractivity contribution in [3.63, 3.8) is 0 Å². The van der Waals surface area contributed by atoms with Crippen LogP contribution in [-0.2, 0) is 30.3 Å². The molecule has 5 nitrogen and oxygen atoms in total. The second kappa shape index (κ2) is 9.49. The number of methoxy groups -OCH3 is 1. The van der Waals surface area contributed by atoms with Crippen molar-refractivity contribution in [3.8, 4) is 0 Å². The van der Waals surface area contributed by atoms with Gasteiger partial charge < -0.3 is 18.9 Å². The van der Waals surface area contributed by atoms with Crippen LogP contribution < -0.4 is 0 Å². The Balaban J connectivity index is 1.68. The van der Waals surface area contributed by atoms with Gasteiger partial charge in [-0.05, 0) is 24.8 Å². The number of ether oxygens (including phenoxy) is 4. The second-order valence-corrected chi connectivity index (χ2v) is 7.45. The van der Waals surface area contributed by atoms with Gasteiger partial charge in [0.05, 0.1) is 38.4 Å². The molecule has 0 amide bonds. The average molecular weight is 374 g/mol. The van der Waals surface area contributed by atoms with Crippen molar-refractivity contribution in [1.82, 2.24) is 0 Å². The molecule has 2 aliphatic rings. The maximum Gasteiger partial charge on any atom is 0.308 e. The average Bonchev–Trinajstić information content (AvgIpc) is 2.67. The van der Waals surface area contributed by atoms with Crippen molar-refractivity contribution < 1.29 is 23.7 Å². The van der Waals surface area contributed by atoms with E-state index in [1.807, 2.05) is 24.3 Å². The van der Waals surface area contributed by atoms with E-state index in [1.54, 1.807) is 0 Å². The van der Waals surface area contributed by atoms with E-state index in [2.05, 4.69) is 18.7 Å². The van der Waals surface area contributed by atoms with Crippen molar-refractivity contribution in [2.45, 2.75) is 75.7 Å². The van der Waals surface area contributed by atoms with Crippen molar-refractivity contribution >= 4 is 5.97 Å². The molecule has 0 radical (unpaired) electrons. The van der Waals surface area contributed by atoms with Crippen molar-refractivity contribution in [2.24, 2.45) is 0 Å². The molecule has 2 heterocycles. The van der Waals surface area contributed by atoms with Crippen LogP contribution in [-0.4, -0.2) is 37.2 Å². The first-order chi connectivity index (χ1) is 13.1. The largest absolute Gasteiger partial charge is 0.469 e. The molecule has 1 spiro atoms. The molecule has 2 aliphatic heterocycles. The highest BCUT2D eigenvalue weighted by molar-refractivity contribution is 5.69. The van der Waals surface area contributed by atoms with Crippen LogP contribution in [0.2, 0.25) is 0 Å². The van der Waals surface area contributed by atoms with Crippen LogP contribution in [0.4, 0.5) is 0 Å². The van der Waals surface area contributed by atoms with E-state index in [0.717, 1.165) is 31.2 Å². The molecule has 0 unspecified atom stereocenters. The molecule has 2 saturated heterocycles. The fourth-order valence-electron chi connectivity index (χ4n) is 4.04. The van der Waals surface area contributed by atoms with E-state index in [4.69, 9.17) is 18.9 Å². The minimum Gasteiger partial charge on any atom is -0.469 e. The Morgan fingerprint density at radius 2 is 2.07 bits per heavy atom. The number of esters is 1. The normalized spacial score (nSPS) is 30.8. The van der Waals surface area contributed by atoms with Gasteiger partial charge in [0.2, 0.25) is 0 Å². The molecule has 3 rings (SSSR count). The molecule has 0 N–H and O–H groups in total. The van der Waals surface area contributed by atoms with E-state index in [9.17, 15) is 4.79 Å². The first-order valence-electron chi connectivity index (χ1n) is 9.81. The zero-order valence-corrected chi connectivity index (χ0v) is 16.1. The summed E-state index contributed by atoms with van der Waals surface area (Å²) in [5.74, 6) is -0.943. The summed E-state index contributed by atoms with van der Waals surface area (Å²) >= 11 is 0. The molecular formula is C22H30O5. The lowest BCUT2D eigenvalue weighted by molar-refractivity contribution is -0.329. The second-order valence-electron chi connectivity index (χ2n) is 7.45.